The van der Waals surface area contributed by atoms with Crippen LogP contribution in [0.15, 0.2) is 29.2 Å². The van der Waals surface area contributed by atoms with E-state index in [-0.39, 0.29) is 11.0 Å². The van der Waals surface area contributed by atoms with Gasteiger partial charge in [0.2, 0.25) is 0 Å². The third-order valence-electron chi connectivity index (χ3n) is 2.94. The Hall–Kier alpha value is -0.950. The van der Waals surface area contributed by atoms with E-state index >= 15 is 0 Å². The van der Waals surface area contributed by atoms with E-state index in [1.54, 1.807) is 19.1 Å². The number of rotatable bonds is 3. The van der Waals surface area contributed by atoms with Gasteiger partial charge in [-0.15, -0.1) is 0 Å². The molecule has 0 heterocycles. The summed E-state index contributed by atoms with van der Waals surface area (Å²) in [4.78, 5) is -0.141. The van der Waals surface area contributed by atoms with Gasteiger partial charge in [0, 0.05) is 5.41 Å². The molecule has 0 aromatic heterocycles. The van der Waals surface area contributed by atoms with E-state index in [9.17, 15) is 13.5 Å². The predicted octanol–water partition coefficient (Wildman–Crippen LogP) is 1.75. The average molecular weight is 261 g/mol. The molecule has 98 valence electrons. The van der Waals surface area contributed by atoms with Crippen molar-refractivity contribution in [1.29, 1.82) is 0 Å². The van der Waals surface area contributed by atoms with Gasteiger partial charge in [-0.05, 0) is 24.6 Å². The Morgan fingerprint density at radius 2 is 1.59 bits per heavy atom. The maximum Gasteiger partial charge on any atom is 0.294 e. The van der Waals surface area contributed by atoms with Crippen molar-refractivity contribution in [3.8, 4) is 0 Å². The first-order valence-corrected chi connectivity index (χ1v) is 6.36. The van der Waals surface area contributed by atoms with Crippen LogP contribution in [0.3, 0.4) is 0 Å². The summed E-state index contributed by atoms with van der Waals surface area (Å²) in [7, 11) is -4.15. The Kier molecular flexibility index (Phi) is 4.85. The van der Waals surface area contributed by atoms with Gasteiger partial charge in [-0.25, -0.2) is 0 Å². The van der Waals surface area contributed by atoms with Gasteiger partial charge in [0.25, 0.3) is 10.1 Å². The number of hydrogen-bond acceptors (Lipinski definition) is 4. The van der Waals surface area contributed by atoms with Crippen molar-refractivity contribution in [3.63, 3.8) is 0 Å². The molecule has 5 nitrogen and oxygen atoms in total. The summed E-state index contributed by atoms with van der Waals surface area (Å²) in [5, 5.41) is 9.60. The van der Waals surface area contributed by atoms with Crippen LogP contribution < -0.4 is 6.15 Å². The normalized spacial score (nSPS) is 13.9. The molecule has 0 fully saturated rings. The minimum Gasteiger partial charge on any atom is -0.393 e. The molecule has 1 unspecified atom stereocenters. The highest BCUT2D eigenvalue weighted by Gasteiger charge is 2.26. The van der Waals surface area contributed by atoms with Crippen LogP contribution in [0.4, 0.5) is 0 Å². The lowest BCUT2D eigenvalue weighted by Crippen LogP contribution is -2.30. The van der Waals surface area contributed by atoms with Gasteiger partial charge in [-0.3, -0.25) is 4.55 Å². The van der Waals surface area contributed by atoms with Gasteiger partial charge in [-0.1, -0.05) is 26.0 Å². The quantitative estimate of drug-likeness (QED) is 0.718. The van der Waals surface area contributed by atoms with E-state index < -0.39 is 21.6 Å². The van der Waals surface area contributed by atoms with Crippen LogP contribution in [0.5, 0.6) is 0 Å². The van der Waals surface area contributed by atoms with Gasteiger partial charge in [0.15, 0.2) is 0 Å². The molecule has 0 saturated carbocycles. The summed E-state index contributed by atoms with van der Waals surface area (Å²) in [6.07, 6.45) is -0.552. The fraction of sp³-hybridized carbons (Fsp3) is 0.455. The fourth-order valence-electron chi connectivity index (χ4n) is 1.30. The van der Waals surface area contributed by atoms with E-state index in [1.807, 2.05) is 13.8 Å². The Bertz CT molecular complexity index is 463. The van der Waals surface area contributed by atoms with Crippen LogP contribution in [-0.2, 0) is 15.5 Å². The van der Waals surface area contributed by atoms with Crippen molar-refractivity contribution in [2.24, 2.45) is 0 Å². The molecule has 0 bridgehead atoms. The maximum absolute atomic E-state index is 10.8. The summed E-state index contributed by atoms with van der Waals surface area (Å²) in [5.41, 5.74) is 0.354. The first kappa shape index (κ1) is 16.1. The average Bonchev–Trinajstić information content (AvgIpc) is 2.16. The summed E-state index contributed by atoms with van der Waals surface area (Å²) in [6, 6.07) is 5.84. The molecule has 0 aliphatic rings. The summed E-state index contributed by atoms with van der Waals surface area (Å²) in [5.74, 6) is 0. The molecule has 17 heavy (non-hydrogen) atoms. The summed E-state index contributed by atoms with van der Waals surface area (Å²) in [6.45, 7) is 5.40. The number of hydrogen-bond donors (Lipinski definition) is 3. The molecular formula is C11H19NO4S. The van der Waals surface area contributed by atoms with Crippen molar-refractivity contribution in [1.82, 2.24) is 6.15 Å². The van der Waals surface area contributed by atoms with Crippen molar-refractivity contribution >= 4 is 10.1 Å². The van der Waals surface area contributed by atoms with E-state index in [4.69, 9.17) is 4.55 Å². The number of benzene rings is 1. The van der Waals surface area contributed by atoms with Crippen LogP contribution in [-0.4, -0.2) is 24.2 Å². The standard InChI is InChI=1S/C11H16O4S.H3N/c1-8(12)11(2,3)9-4-6-10(7-5-9)16(13,14)15;/h4-8,12H,1-3H3,(H,13,14,15);1H3. The maximum atomic E-state index is 10.8. The Balaban J connectivity index is 0.00000256. The third kappa shape index (κ3) is 3.50. The summed E-state index contributed by atoms with van der Waals surface area (Å²) < 4.78 is 30.5. The SMILES string of the molecule is CC(O)C(C)(C)c1ccc(S(=O)(=O)O)cc1.N. The van der Waals surface area contributed by atoms with E-state index in [1.165, 1.54) is 12.1 Å². The zero-order valence-electron chi connectivity index (χ0n) is 10.2. The highest BCUT2D eigenvalue weighted by molar-refractivity contribution is 7.85. The molecular weight excluding hydrogens is 242 g/mol. The predicted molar refractivity (Wildman–Crippen MR) is 66.0 cm³/mol. The molecule has 0 saturated heterocycles. The van der Waals surface area contributed by atoms with E-state index in [0.29, 0.717) is 0 Å². The lowest BCUT2D eigenvalue weighted by atomic mass is 9.80. The molecule has 5 N–H and O–H groups in total. The summed E-state index contributed by atoms with van der Waals surface area (Å²) >= 11 is 0. The zero-order chi connectivity index (χ0) is 12.6. The molecule has 0 spiro atoms. The lowest BCUT2D eigenvalue weighted by molar-refractivity contribution is 0.118. The van der Waals surface area contributed by atoms with Crippen LogP contribution in [0.1, 0.15) is 26.3 Å². The minimum atomic E-state index is -4.15. The van der Waals surface area contributed by atoms with Crippen molar-refractivity contribution in [3.05, 3.63) is 29.8 Å². The Morgan fingerprint density at radius 3 is 1.88 bits per heavy atom. The molecule has 0 aliphatic carbocycles. The second kappa shape index (κ2) is 5.14. The molecule has 6 heteroatoms. The van der Waals surface area contributed by atoms with Gasteiger partial charge in [0.05, 0.1) is 11.0 Å². The third-order valence-corrected chi connectivity index (χ3v) is 3.81. The molecule has 1 rings (SSSR count). The topological polar surface area (TPSA) is 110 Å². The molecule has 0 radical (unpaired) electrons. The lowest BCUT2D eigenvalue weighted by Gasteiger charge is -2.28. The van der Waals surface area contributed by atoms with Crippen molar-refractivity contribution in [2.75, 3.05) is 0 Å². The van der Waals surface area contributed by atoms with E-state index in [2.05, 4.69) is 0 Å². The fourth-order valence-corrected chi connectivity index (χ4v) is 1.78. The second-order valence-electron chi connectivity index (χ2n) is 4.40. The largest absolute Gasteiger partial charge is 0.393 e. The van der Waals surface area contributed by atoms with Gasteiger partial charge in [-0.2, -0.15) is 8.42 Å². The zero-order valence-corrected chi connectivity index (χ0v) is 11.0. The second-order valence-corrected chi connectivity index (χ2v) is 5.82. The molecule has 1 aromatic carbocycles. The van der Waals surface area contributed by atoms with Crippen molar-refractivity contribution < 1.29 is 18.1 Å². The van der Waals surface area contributed by atoms with Gasteiger partial charge in [0.1, 0.15) is 0 Å². The van der Waals surface area contributed by atoms with Gasteiger partial charge >= 0.3 is 0 Å². The molecule has 1 atom stereocenters. The first-order chi connectivity index (χ1) is 7.15. The van der Waals surface area contributed by atoms with E-state index in [0.717, 1.165) is 5.56 Å². The Morgan fingerprint density at radius 1 is 1.18 bits per heavy atom. The number of aliphatic hydroxyl groups excluding tert-OH is 1. The molecule has 0 aliphatic heterocycles. The van der Waals surface area contributed by atoms with Gasteiger partial charge < -0.3 is 11.3 Å². The smallest absolute Gasteiger partial charge is 0.294 e. The Labute approximate surface area is 102 Å². The highest BCUT2D eigenvalue weighted by atomic mass is 32.2. The molecule has 1 aromatic rings. The van der Waals surface area contributed by atoms with Crippen LogP contribution >= 0.6 is 0 Å². The van der Waals surface area contributed by atoms with Crippen molar-refractivity contribution in [2.45, 2.75) is 37.2 Å². The van der Waals surface area contributed by atoms with Crippen LogP contribution in [0, 0.1) is 0 Å². The monoisotopic (exact) mass is 261 g/mol. The van der Waals surface area contributed by atoms with Crippen LogP contribution in [0.25, 0.3) is 0 Å². The molecule has 0 amide bonds. The minimum absolute atomic E-state index is 0. The number of aliphatic hydroxyl groups is 1. The van der Waals surface area contributed by atoms with Crippen LogP contribution in [0.2, 0.25) is 0 Å². The first-order valence-electron chi connectivity index (χ1n) is 4.92. The highest BCUT2D eigenvalue weighted by Crippen LogP contribution is 2.27.